The van der Waals surface area contributed by atoms with Crippen molar-refractivity contribution in [3.63, 3.8) is 0 Å². The maximum Gasteiger partial charge on any atom is 0.189 e. The smallest absolute Gasteiger partial charge is 0.189 e. The van der Waals surface area contributed by atoms with Gasteiger partial charge >= 0.3 is 0 Å². The molecule has 352 valence electrons. The third kappa shape index (κ3) is 15.1. The summed E-state index contributed by atoms with van der Waals surface area (Å²) < 4.78 is 12.4. The fourth-order valence-electron chi connectivity index (χ4n) is 10.9. The van der Waals surface area contributed by atoms with Gasteiger partial charge in [-0.2, -0.15) is 11.6 Å². The molecule has 12 nitrogen and oxygen atoms in total. The molecule has 0 bridgehead atoms. The van der Waals surface area contributed by atoms with Gasteiger partial charge in [0.25, 0.3) is 0 Å². The van der Waals surface area contributed by atoms with Gasteiger partial charge in [0, 0.05) is 44.8 Å². The van der Waals surface area contributed by atoms with Crippen molar-refractivity contribution in [1.29, 1.82) is 0 Å². The average molecular weight is 875 g/mol. The predicted octanol–water partition coefficient (Wildman–Crippen LogP) is 7.19. The van der Waals surface area contributed by atoms with Crippen LogP contribution in [0.15, 0.2) is 51.5 Å². The van der Waals surface area contributed by atoms with E-state index in [0.717, 1.165) is 87.4 Å². The first kappa shape index (κ1) is 49.2. The molecule has 3 fully saturated rings. The highest BCUT2D eigenvalue weighted by Crippen LogP contribution is 2.47. The molecule has 6 rings (SSSR count). The predicted molar refractivity (Wildman–Crippen MR) is 253 cm³/mol. The number of aryl methyl sites for hydroxylation is 1. The normalized spacial score (nSPS) is 24.9. The van der Waals surface area contributed by atoms with Gasteiger partial charge in [-0.05, 0) is 106 Å². The van der Waals surface area contributed by atoms with Crippen molar-refractivity contribution in [2.24, 2.45) is 51.0 Å². The van der Waals surface area contributed by atoms with Crippen LogP contribution in [0.25, 0.3) is 0 Å². The number of aliphatic imine (C=N–C) groups is 2. The van der Waals surface area contributed by atoms with Crippen LogP contribution in [0.1, 0.15) is 141 Å². The number of rotatable bonds is 26. The number of nitrogens with one attached hydrogen (secondary N) is 2. The molecule has 1 aromatic carbocycles. The standard InChI is InChI=1S/C51H82N6O6/c1-34(29-55-51(53)56-40-14-4-3-5-15-40)10-8-12-36(24-25-52)11-6-7-17-49-39(32-58)27-41(63-49)21-18-37-19-23-47(60)50(26-37)62-33-48(61)46-28-43-44(31-54-30-35(2)59)42-16-9-13-38(42)20-22-45(43)57-46/h19,23,26-28,34-36,38,40,42,44,48-49,54,58-61H,3-18,20-22,24-25,29-33,52H2,1-2H3,(H3,53,55,56). The van der Waals surface area contributed by atoms with Crippen LogP contribution >= 0.6 is 0 Å². The van der Waals surface area contributed by atoms with Crippen molar-refractivity contribution in [3.8, 4) is 11.5 Å². The largest absolute Gasteiger partial charge is 0.504 e. The third-order valence-electron chi connectivity index (χ3n) is 14.5. The lowest BCUT2D eigenvalue weighted by molar-refractivity contribution is 0.102. The maximum atomic E-state index is 11.3. The summed E-state index contributed by atoms with van der Waals surface area (Å²) in [5.74, 6) is 3.68. The summed E-state index contributed by atoms with van der Waals surface area (Å²) in [4.78, 5) is 9.58. The number of aliphatic hydroxyl groups excluding tert-OH is 3. The van der Waals surface area contributed by atoms with Crippen molar-refractivity contribution in [1.82, 2.24) is 10.6 Å². The van der Waals surface area contributed by atoms with Crippen LogP contribution in [0.4, 0.5) is 0 Å². The molecule has 2 heterocycles. The van der Waals surface area contributed by atoms with Gasteiger partial charge < -0.3 is 52.0 Å². The summed E-state index contributed by atoms with van der Waals surface area (Å²) in [7, 11) is 0. The van der Waals surface area contributed by atoms with Gasteiger partial charge in [-0.1, -0.05) is 89.7 Å². The topological polar surface area (TPSA) is 200 Å². The molecular weight excluding hydrogens is 793 g/mol. The van der Waals surface area contributed by atoms with Crippen LogP contribution in [0.2, 0.25) is 0 Å². The van der Waals surface area contributed by atoms with Crippen LogP contribution in [0.5, 0.6) is 11.5 Å². The monoisotopic (exact) mass is 875 g/mol. The quantitative estimate of drug-likeness (QED) is 0.0204. The molecule has 0 saturated heterocycles. The molecule has 1 aromatic rings. The Bertz CT molecular complexity index is 1660. The zero-order chi connectivity index (χ0) is 44.6. The summed E-state index contributed by atoms with van der Waals surface area (Å²) >= 11 is 0. The van der Waals surface area contributed by atoms with E-state index in [-0.39, 0.29) is 25.1 Å². The van der Waals surface area contributed by atoms with Gasteiger partial charge in [-0.25, -0.2) is 0 Å². The average Bonchev–Trinajstić information content (AvgIpc) is 4.02. The molecular formula is C51H82N6O6. The van der Waals surface area contributed by atoms with Crippen molar-refractivity contribution in [2.45, 2.75) is 167 Å². The highest BCUT2D eigenvalue weighted by Gasteiger charge is 2.47. The SMILES string of the molecule is CC(O)CNCC1C2=C[C+](C(O)COc3cc(CC[C-]4C=C(CO)C(CCCCC(CCN)CCCC(C)CN=C(N)NC5CCCCC5)O4)ccc3O)N=C2CCC2CCCC21. The number of hydrogen-bond acceptors (Lipinski definition) is 10. The van der Waals surface area contributed by atoms with E-state index in [0.29, 0.717) is 79.3 Å². The molecule has 63 heavy (non-hydrogen) atoms. The summed E-state index contributed by atoms with van der Waals surface area (Å²) in [6, 6.07) is 6.46. The third-order valence-corrected chi connectivity index (χ3v) is 14.5. The number of nitrogens with two attached hydrogens (primary N) is 2. The Balaban J connectivity index is 0.898. The van der Waals surface area contributed by atoms with E-state index < -0.39 is 12.2 Å². The fourth-order valence-corrected chi connectivity index (χ4v) is 10.9. The Hall–Kier alpha value is -3.26. The minimum absolute atomic E-state index is 0.0170. The second kappa shape index (κ2) is 25.4. The first-order chi connectivity index (χ1) is 30.6. The number of aliphatic hydroxyl groups is 3. The molecule has 10 N–H and O–H groups in total. The summed E-state index contributed by atoms with van der Waals surface area (Å²) in [5, 5.41) is 48.9. The van der Waals surface area contributed by atoms with Crippen LogP contribution < -0.4 is 26.8 Å². The minimum atomic E-state index is -0.934. The fraction of sp³-hybridized carbons (Fsp3) is 0.725. The summed E-state index contributed by atoms with van der Waals surface area (Å²) in [6.45, 7) is 6.87. The Labute approximate surface area is 378 Å². The van der Waals surface area contributed by atoms with Gasteiger partial charge in [-0.15, -0.1) is 4.99 Å². The zero-order valence-electron chi connectivity index (χ0n) is 38.6. The van der Waals surface area contributed by atoms with Crippen LogP contribution in [-0.2, 0) is 11.2 Å². The molecule has 0 amide bonds. The van der Waals surface area contributed by atoms with E-state index in [2.05, 4.69) is 28.6 Å². The summed E-state index contributed by atoms with van der Waals surface area (Å²) in [5.41, 5.74) is 16.4. The molecule has 3 aliphatic carbocycles. The lowest BCUT2D eigenvalue weighted by atomic mass is 9.80. The number of phenols is 1. The van der Waals surface area contributed by atoms with Gasteiger partial charge in [0.2, 0.25) is 0 Å². The van der Waals surface area contributed by atoms with E-state index in [9.17, 15) is 20.4 Å². The number of benzene rings is 1. The number of guanidine groups is 1. The van der Waals surface area contributed by atoms with E-state index in [4.69, 9.17) is 25.9 Å². The minimum Gasteiger partial charge on any atom is -0.504 e. The molecule has 8 unspecified atom stereocenters. The molecule has 2 aliphatic heterocycles. The Morgan fingerprint density at radius 2 is 1.86 bits per heavy atom. The van der Waals surface area contributed by atoms with Crippen molar-refractivity contribution in [2.75, 3.05) is 39.4 Å². The van der Waals surface area contributed by atoms with Crippen LogP contribution in [-0.4, -0.2) is 95.8 Å². The van der Waals surface area contributed by atoms with Gasteiger partial charge in [0.1, 0.15) is 12.2 Å². The van der Waals surface area contributed by atoms with Crippen LogP contribution in [0, 0.1) is 41.7 Å². The zero-order valence-corrected chi connectivity index (χ0v) is 38.6. The number of fused-ring (bicyclic) bond motifs is 2. The van der Waals surface area contributed by atoms with Crippen LogP contribution in [0.3, 0.4) is 0 Å². The Morgan fingerprint density at radius 3 is 2.65 bits per heavy atom. The number of unbranched alkanes of at least 4 members (excludes halogenated alkanes) is 1. The van der Waals surface area contributed by atoms with Gasteiger partial charge in [-0.3, -0.25) is 4.99 Å². The van der Waals surface area contributed by atoms with Gasteiger partial charge in [0.15, 0.2) is 35.3 Å². The molecule has 8 atom stereocenters. The highest BCUT2D eigenvalue weighted by molar-refractivity contribution is 6.04. The Kier molecular flexibility index (Phi) is 19.9. The number of nitrogens with zero attached hydrogens (tertiary/aromatic N) is 2. The van der Waals surface area contributed by atoms with E-state index in [1.54, 1.807) is 13.0 Å². The second-order valence-corrected chi connectivity index (χ2v) is 19.6. The number of aromatic hydroxyl groups is 1. The van der Waals surface area contributed by atoms with E-state index in [1.807, 2.05) is 18.2 Å². The first-order valence-corrected chi connectivity index (χ1v) is 24.9. The van der Waals surface area contributed by atoms with Crippen molar-refractivity contribution in [3.05, 3.63) is 59.2 Å². The molecule has 12 heteroatoms. The number of phenolic OH excluding ortho intramolecular Hbond substituents is 1. The van der Waals surface area contributed by atoms with Gasteiger partial charge in [0.05, 0.1) is 18.1 Å². The lowest BCUT2D eigenvalue weighted by Gasteiger charge is -2.25. The van der Waals surface area contributed by atoms with E-state index >= 15 is 0 Å². The lowest BCUT2D eigenvalue weighted by Crippen LogP contribution is -2.41. The number of ether oxygens (including phenoxy) is 2. The molecule has 0 radical (unpaired) electrons. The van der Waals surface area contributed by atoms with E-state index in [1.165, 1.54) is 69.8 Å². The molecule has 5 aliphatic rings. The molecule has 0 aromatic heterocycles. The maximum absolute atomic E-state index is 11.3. The molecule has 0 spiro atoms. The first-order valence-electron chi connectivity index (χ1n) is 24.9. The Morgan fingerprint density at radius 1 is 1.03 bits per heavy atom. The number of hydrogen-bond donors (Lipinski definition) is 8. The molecule has 3 saturated carbocycles. The highest BCUT2D eigenvalue weighted by atomic mass is 16.5. The van der Waals surface area contributed by atoms with Crippen molar-refractivity contribution >= 4 is 11.7 Å². The second-order valence-electron chi connectivity index (χ2n) is 19.6. The summed E-state index contributed by atoms with van der Waals surface area (Å²) in [6.07, 6.45) is 25.6. The van der Waals surface area contributed by atoms with Crippen molar-refractivity contribution < 1.29 is 29.9 Å².